The maximum Gasteiger partial charge on any atom is 0.113 e. The van der Waals surface area contributed by atoms with E-state index in [1.54, 1.807) is 0 Å². The van der Waals surface area contributed by atoms with Crippen LogP contribution in [0.15, 0.2) is 72.8 Å². The lowest BCUT2D eigenvalue weighted by Crippen LogP contribution is -1.97. The first kappa shape index (κ1) is 14.0. The molecule has 21 heavy (non-hydrogen) atoms. The lowest BCUT2D eigenvalue weighted by molar-refractivity contribution is 0.223. The second-order valence-corrected chi connectivity index (χ2v) is 6.01. The molecular formula is C18H16O2S. The fourth-order valence-corrected chi connectivity index (χ4v) is 3.30. The van der Waals surface area contributed by atoms with Crippen LogP contribution in [0.5, 0.6) is 0 Å². The van der Waals surface area contributed by atoms with Gasteiger partial charge in [-0.25, -0.2) is 0 Å². The van der Waals surface area contributed by atoms with Gasteiger partial charge in [0.15, 0.2) is 0 Å². The van der Waals surface area contributed by atoms with Crippen LogP contribution in [0.2, 0.25) is 0 Å². The smallest absolute Gasteiger partial charge is 0.113 e. The number of rotatable bonds is 4. The van der Waals surface area contributed by atoms with Crippen molar-refractivity contribution in [3.63, 3.8) is 0 Å². The fraction of sp³-hybridized carbons (Fsp3) is 0.111. The summed E-state index contributed by atoms with van der Waals surface area (Å²) in [5, 5.41) is 20.8. The molecule has 0 bridgehead atoms. The first-order valence-electron chi connectivity index (χ1n) is 6.81. The van der Waals surface area contributed by atoms with Crippen LogP contribution in [0.1, 0.15) is 33.1 Å². The average molecular weight is 296 g/mol. The third-order valence-corrected chi connectivity index (χ3v) is 4.61. The first-order valence-corrected chi connectivity index (χ1v) is 7.63. The van der Waals surface area contributed by atoms with Crippen molar-refractivity contribution in [2.24, 2.45) is 0 Å². The summed E-state index contributed by atoms with van der Waals surface area (Å²) in [5.41, 5.74) is 1.72. The molecule has 1 heterocycles. The molecule has 0 spiro atoms. The molecule has 2 nitrogen and oxygen atoms in total. The van der Waals surface area contributed by atoms with Crippen molar-refractivity contribution in [1.29, 1.82) is 0 Å². The largest absolute Gasteiger partial charge is 0.383 e. The molecule has 0 saturated carbocycles. The Labute approximate surface area is 128 Å². The standard InChI is InChI=1S/C18H16O2S/c19-17(13-7-3-1-4-8-13)15-11-12-16(21-15)18(20)14-9-5-2-6-10-14/h1-12,17-20H/t17-,18-/m0/s1. The number of aliphatic hydroxyl groups excluding tert-OH is 2. The zero-order valence-corrected chi connectivity index (χ0v) is 12.2. The third kappa shape index (κ3) is 3.05. The second-order valence-electron chi connectivity index (χ2n) is 4.87. The van der Waals surface area contributed by atoms with Gasteiger partial charge >= 0.3 is 0 Å². The van der Waals surface area contributed by atoms with Crippen LogP contribution in [-0.2, 0) is 0 Å². The van der Waals surface area contributed by atoms with Gasteiger partial charge in [-0.2, -0.15) is 0 Å². The molecule has 3 rings (SSSR count). The molecule has 0 aliphatic rings. The van der Waals surface area contributed by atoms with E-state index in [0.29, 0.717) is 0 Å². The van der Waals surface area contributed by atoms with Crippen LogP contribution < -0.4 is 0 Å². The highest BCUT2D eigenvalue weighted by Crippen LogP contribution is 2.33. The Morgan fingerprint density at radius 3 is 1.33 bits per heavy atom. The van der Waals surface area contributed by atoms with E-state index in [1.807, 2.05) is 72.8 Å². The summed E-state index contributed by atoms with van der Waals surface area (Å²) in [6.45, 7) is 0. The topological polar surface area (TPSA) is 40.5 Å². The third-order valence-electron chi connectivity index (χ3n) is 3.42. The number of benzene rings is 2. The van der Waals surface area contributed by atoms with E-state index in [9.17, 15) is 10.2 Å². The van der Waals surface area contributed by atoms with Gasteiger partial charge in [-0.3, -0.25) is 0 Å². The van der Waals surface area contributed by atoms with Crippen LogP contribution in [0.3, 0.4) is 0 Å². The van der Waals surface area contributed by atoms with E-state index >= 15 is 0 Å². The number of thiophene rings is 1. The van der Waals surface area contributed by atoms with Gasteiger partial charge in [0.25, 0.3) is 0 Å². The number of hydrogen-bond acceptors (Lipinski definition) is 3. The van der Waals surface area contributed by atoms with Gasteiger partial charge in [0, 0.05) is 9.75 Å². The Balaban J connectivity index is 1.84. The summed E-state index contributed by atoms with van der Waals surface area (Å²) in [4.78, 5) is 1.68. The van der Waals surface area contributed by atoms with Gasteiger partial charge in [0.2, 0.25) is 0 Å². The molecule has 1 aromatic heterocycles. The minimum absolute atomic E-state index is 0.645. The SMILES string of the molecule is O[C@@H](c1ccccc1)c1ccc([C@@H](O)c2ccccc2)s1. The summed E-state index contributed by atoms with van der Waals surface area (Å²) >= 11 is 1.44. The predicted octanol–water partition coefficient (Wildman–Crippen LogP) is 3.91. The molecule has 2 aromatic carbocycles. The van der Waals surface area contributed by atoms with Gasteiger partial charge in [0.1, 0.15) is 12.2 Å². The summed E-state index contributed by atoms with van der Waals surface area (Å²) < 4.78 is 0. The van der Waals surface area contributed by atoms with Gasteiger partial charge in [-0.05, 0) is 23.3 Å². The van der Waals surface area contributed by atoms with Gasteiger partial charge < -0.3 is 10.2 Å². The zero-order chi connectivity index (χ0) is 14.7. The maximum atomic E-state index is 10.4. The molecule has 106 valence electrons. The van der Waals surface area contributed by atoms with Crippen molar-refractivity contribution in [2.75, 3.05) is 0 Å². The van der Waals surface area contributed by atoms with Gasteiger partial charge in [-0.1, -0.05) is 60.7 Å². The zero-order valence-electron chi connectivity index (χ0n) is 11.4. The summed E-state index contributed by atoms with van der Waals surface area (Å²) in [6.07, 6.45) is -1.29. The highest BCUT2D eigenvalue weighted by Gasteiger charge is 2.17. The lowest BCUT2D eigenvalue weighted by atomic mass is 10.1. The normalized spacial score (nSPS) is 13.8. The van der Waals surface area contributed by atoms with E-state index in [2.05, 4.69) is 0 Å². The van der Waals surface area contributed by atoms with E-state index < -0.39 is 12.2 Å². The van der Waals surface area contributed by atoms with Crippen molar-refractivity contribution in [2.45, 2.75) is 12.2 Å². The number of hydrogen-bond donors (Lipinski definition) is 2. The summed E-state index contributed by atoms with van der Waals surface area (Å²) in [5.74, 6) is 0. The highest BCUT2D eigenvalue weighted by atomic mass is 32.1. The molecule has 0 unspecified atom stereocenters. The fourth-order valence-electron chi connectivity index (χ4n) is 2.26. The molecule has 0 fully saturated rings. The quantitative estimate of drug-likeness (QED) is 0.766. The monoisotopic (exact) mass is 296 g/mol. The van der Waals surface area contributed by atoms with E-state index in [-0.39, 0.29) is 0 Å². The Hall–Kier alpha value is -1.94. The molecular weight excluding hydrogens is 280 g/mol. The molecule has 0 saturated heterocycles. The van der Waals surface area contributed by atoms with Crippen molar-refractivity contribution < 1.29 is 10.2 Å². The van der Waals surface area contributed by atoms with Gasteiger partial charge in [0.05, 0.1) is 0 Å². The van der Waals surface area contributed by atoms with Crippen molar-refractivity contribution in [3.8, 4) is 0 Å². The molecule has 3 heteroatoms. The Morgan fingerprint density at radius 1 is 0.571 bits per heavy atom. The van der Waals surface area contributed by atoms with Gasteiger partial charge in [-0.15, -0.1) is 11.3 Å². The van der Waals surface area contributed by atoms with Crippen LogP contribution in [0.4, 0.5) is 0 Å². The molecule has 0 aliphatic heterocycles. The Morgan fingerprint density at radius 2 is 0.952 bits per heavy atom. The van der Waals surface area contributed by atoms with Crippen molar-refractivity contribution in [3.05, 3.63) is 93.7 Å². The predicted molar refractivity (Wildman–Crippen MR) is 85.3 cm³/mol. The van der Waals surface area contributed by atoms with Crippen LogP contribution in [-0.4, -0.2) is 10.2 Å². The first-order chi connectivity index (χ1) is 10.3. The van der Waals surface area contributed by atoms with Crippen molar-refractivity contribution in [1.82, 2.24) is 0 Å². The molecule has 0 aliphatic carbocycles. The lowest BCUT2D eigenvalue weighted by Gasteiger charge is -2.10. The molecule has 0 radical (unpaired) electrons. The Kier molecular flexibility index (Phi) is 4.15. The molecule has 2 atom stereocenters. The molecule has 2 N–H and O–H groups in total. The van der Waals surface area contributed by atoms with E-state index in [1.165, 1.54) is 11.3 Å². The molecule has 0 amide bonds. The minimum atomic E-state index is -0.645. The summed E-state index contributed by atoms with van der Waals surface area (Å²) in [6, 6.07) is 22.8. The van der Waals surface area contributed by atoms with Crippen LogP contribution in [0, 0.1) is 0 Å². The summed E-state index contributed by atoms with van der Waals surface area (Å²) in [7, 11) is 0. The highest BCUT2D eigenvalue weighted by molar-refractivity contribution is 7.12. The maximum absolute atomic E-state index is 10.4. The van der Waals surface area contributed by atoms with E-state index in [4.69, 9.17) is 0 Å². The van der Waals surface area contributed by atoms with Crippen LogP contribution in [0.25, 0.3) is 0 Å². The number of aliphatic hydroxyl groups is 2. The van der Waals surface area contributed by atoms with E-state index in [0.717, 1.165) is 20.9 Å². The van der Waals surface area contributed by atoms with Crippen molar-refractivity contribution >= 4 is 11.3 Å². The second kappa shape index (κ2) is 6.22. The Bertz CT molecular complexity index is 632. The average Bonchev–Trinajstić information content (AvgIpc) is 3.05. The minimum Gasteiger partial charge on any atom is -0.383 e. The van der Waals surface area contributed by atoms with Crippen LogP contribution >= 0.6 is 11.3 Å². The molecule has 3 aromatic rings.